The fourth-order valence-corrected chi connectivity index (χ4v) is 7.97. The third-order valence-electron chi connectivity index (χ3n) is 10.9. The normalized spacial score (nSPS) is 11.6. The van der Waals surface area contributed by atoms with E-state index in [0.29, 0.717) is 5.82 Å². The first-order chi connectivity index (χ1) is 28.1. The summed E-state index contributed by atoms with van der Waals surface area (Å²) in [4.78, 5) is 14.8. The Bertz CT molecular complexity index is 3170. The van der Waals surface area contributed by atoms with Crippen LogP contribution in [0.3, 0.4) is 0 Å². The Morgan fingerprint density at radius 2 is 0.895 bits per heavy atom. The van der Waals surface area contributed by atoms with Crippen molar-refractivity contribution in [1.29, 1.82) is 0 Å². The first-order valence-corrected chi connectivity index (χ1v) is 19.1. The van der Waals surface area contributed by atoms with Gasteiger partial charge in [0.25, 0.3) is 0 Å². The summed E-state index contributed by atoms with van der Waals surface area (Å²) in [6, 6.07) is 59.1. The van der Waals surface area contributed by atoms with Crippen LogP contribution in [-0.4, -0.2) is 15.0 Å². The van der Waals surface area contributed by atoms with Crippen molar-refractivity contribution in [3.8, 4) is 67.3 Å². The average Bonchev–Trinajstić information content (AvgIpc) is 3.84. The van der Waals surface area contributed by atoms with Gasteiger partial charge in [-0.2, -0.15) is 0 Å². The van der Waals surface area contributed by atoms with E-state index in [9.17, 15) is 0 Å². The fraction of sp³-hybridized carbons (Fsp3) is 0.0192. The van der Waals surface area contributed by atoms with Crippen LogP contribution < -0.4 is 0 Å². The van der Waals surface area contributed by atoms with Gasteiger partial charge in [-0.1, -0.05) is 103 Å². The molecule has 0 spiro atoms. The lowest BCUT2D eigenvalue weighted by atomic mass is 9.93. The maximum absolute atomic E-state index is 6.22. The van der Waals surface area contributed by atoms with Gasteiger partial charge in [-0.25, -0.2) is 9.97 Å². The molecule has 0 aliphatic carbocycles. The van der Waals surface area contributed by atoms with Gasteiger partial charge in [0, 0.05) is 50.6 Å². The molecule has 0 N–H and O–H groups in total. The standard InChI is InChI=1S/C52H33N3O2/c1-32-9-2-3-11-41(32)52-54-46(34-18-16-33(17-19-34)37-10-8-24-53-31-37)30-47(55-52)40-26-38(35-20-22-50-44(28-35)42-12-4-6-14-48(42)56-50)25-39(27-40)36-21-23-51-45(29-36)43-13-5-7-15-49(43)57-51/h2-31H,1H3. The van der Waals surface area contributed by atoms with Crippen molar-refractivity contribution in [1.82, 2.24) is 15.0 Å². The Morgan fingerprint density at radius 1 is 0.368 bits per heavy atom. The van der Waals surface area contributed by atoms with E-state index in [1.54, 1.807) is 6.20 Å². The minimum atomic E-state index is 0.682. The number of hydrogen-bond donors (Lipinski definition) is 0. The van der Waals surface area contributed by atoms with E-state index in [-0.39, 0.29) is 0 Å². The number of hydrogen-bond acceptors (Lipinski definition) is 5. The van der Waals surface area contributed by atoms with E-state index >= 15 is 0 Å². The first-order valence-electron chi connectivity index (χ1n) is 19.1. The fourth-order valence-electron chi connectivity index (χ4n) is 7.97. The van der Waals surface area contributed by atoms with Crippen molar-refractivity contribution in [2.45, 2.75) is 6.92 Å². The molecule has 5 heteroatoms. The summed E-state index contributed by atoms with van der Waals surface area (Å²) < 4.78 is 12.4. The zero-order chi connectivity index (χ0) is 37.9. The molecule has 0 aliphatic rings. The van der Waals surface area contributed by atoms with Crippen molar-refractivity contribution in [2.24, 2.45) is 0 Å². The summed E-state index contributed by atoms with van der Waals surface area (Å²) in [7, 11) is 0. The van der Waals surface area contributed by atoms with Gasteiger partial charge in [0.05, 0.1) is 11.4 Å². The van der Waals surface area contributed by atoms with E-state index in [1.807, 2.05) is 42.6 Å². The van der Waals surface area contributed by atoms with Crippen molar-refractivity contribution < 1.29 is 8.83 Å². The number of nitrogens with zero attached hydrogens (tertiary/aromatic N) is 3. The van der Waals surface area contributed by atoms with E-state index in [4.69, 9.17) is 18.8 Å². The van der Waals surface area contributed by atoms with Crippen molar-refractivity contribution >= 4 is 43.9 Å². The molecule has 11 rings (SSSR count). The number of fused-ring (bicyclic) bond motifs is 6. The van der Waals surface area contributed by atoms with Crippen LogP contribution in [0.1, 0.15) is 5.56 Å². The summed E-state index contributed by atoms with van der Waals surface area (Å²) >= 11 is 0. The summed E-state index contributed by atoms with van der Waals surface area (Å²) in [5.74, 6) is 0.682. The van der Waals surface area contributed by atoms with Gasteiger partial charge in [-0.05, 0) is 113 Å². The minimum absolute atomic E-state index is 0.682. The second-order valence-electron chi connectivity index (χ2n) is 14.5. The smallest absolute Gasteiger partial charge is 0.160 e. The number of para-hydroxylation sites is 2. The summed E-state index contributed by atoms with van der Waals surface area (Å²) in [5.41, 5.74) is 15.8. The number of benzene rings is 7. The Labute approximate surface area is 328 Å². The number of furan rings is 2. The number of rotatable bonds is 6. The second-order valence-corrected chi connectivity index (χ2v) is 14.5. The first kappa shape index (κ1) is 32.8. The topological polar surface area (TPSA) is 65.0 Å². The lowest BCUT2D eigenvalue weighted by Gasteiger charge is -2.14. The highest BCUT2D eigenvalue weighted by Crippen LogP contribution is 2.39. The predicted octanol–water partition coefficient (Wildman–Crippen LogP) is 14.0. The van der Waals surface area contributed by atoms with Gasteiger partial charge in [0.1, 0.15) is 22.3 Å². The Kier molecular flexibility index (Phi) is 7.64. The third kappa shape index (κ3) is 5.85. The average molecular weight is 732 g/mol. The molecule has 7 aromatic carbocycles. The van der Waals surface area contributed by atoms with Crippen LogP contribution in [-0.2, 0) is 0 Å². The van der Waals surface area contributed by atoms with E-state index in [1.165, 1.54) is 0 Å². The molecule has 0 bridgehead atoms. The van der Waals surface area contributed by atoms with Gasteiger partial charge in [0.2, 0.25) is 0 Å². The molecule has 57 heavy (non-hydrogen) atoms. The molecule has 0 radical (unpaired) electrons. The molecule has 4 aromatic heterocycles. The maximum atomic E-state index is 6.22. The zero-order valence-electron chi connectivity index (χ0n) is 31.0. The van der Waals surface area contributed by atoms with Crippen LogP contribution >= 0.6 is 0 Å². The highest BCUT2D eigenvalue weighted by atomic mass is 16.3. The summed E-state index contributed by atoms with van der Waals surface area (Å²) in [6.45, 7) is 2.11. The molecule has 0 aliphatic heterocycles. The van der Waals surface area contributed by atoms with Gasteiger partial charge in [-0.3, -0.25) is 4.98 Å². The lowest BCUT2D eigenvalue weighted by molar-refractivity contribution is 0.668. The van der Waals surface area contributed by atoms with E-state index in [0.717, 1.165) is 111 Å². The molecule has 5 nitrogen and oxygen atoms in total. The van der Waals surface area contributed by atoms with Crippen molar-refractivity contribution in [3.05, 3.63) is 188 Å². The van der Waals surface area contributed by atoms with Crippen LogP contribution in [0.5, 0.6) is 0 Å². The van der Waals surface area contributed by atoms with Crippen molar-refractivity contribution in [3.63, 3.8) is 0 Å². The summed E-state index contributed by atoms with van der Waals surface area (Å²) in [6.07, 6.45) is 3.68. The van der Waals surface area contributed by atoms with E-state index < -0.39 is 0 Å². The van der Waals surface area contributed by atoms with Crippen LogP contribution in [0.15, 0.2) is 191 Å². The monoisotopic (exact) mass is 731 g/mol. The van der Waals surface area contributed by atoms with Crippen LogP contribution in [0.25, 0.3) is 111 Å². The molecule has 0 amide bonds. The molecular weight excluding hydrogens is 699 g/mol. The number of aromatic nitrogens is 3. The van der Waals surface area contributed by atoms with Gasteiger partial charge in [0.15, 0.2) is 5.82 Å². The highest BCUT2D eigenvalue weighted by molar-refractivity contribution is 6.07. The lowest BCUT2D eigenvalue weighted by Crippen LogP contribution is -1.98. The molecule has 268 valence electrons. The molecule has 0 fully saturated rings. The largest absolute Gasteiger partial charge is 0.456 e. The molecule has 4 heterocycles. The summed E-state index contributed by atoms with van der Waals surface area (Å²) in [5, 5.41) is 4.37. The Hall–Kier alpha value is -7.63. The molecule has 0 atom stereocenters. The molecule has 11 aromatic rings. The van der Waals surface area contributed by atoms with Crippen LogP contribution in [0.4, 0.5) is 0 Å². The third-order valence-corrected chi connectivity index (χ3v) is 10.9. The van der Waals surface area contributed by atoms with Crippen molar-refractivity contribution in [2.75, 3.05) is 0 Å². The second kappa shape index (κ2) is 13.3. The SMILES string of the molecule is Cc1ccccc1-c1nc(-c2ccc(-c3cccnc3)cc2)cc(-c2cc(-c3ccc4oc5ccccc5c4c3)cc(-c3ccc4oc5ccccc5c4c3)c2)n1. The quantitative estimate of drug-likeness (QED) is 0.170. The van der Waals surface area contributed by atoms with Gasteiger partial charge < -0.3 is 8.83 Å². The minimum Gasteiger partial charge on any atom is -0.456 e. The number of pyridine rings is 1. The maximum Gasteiger partial charge on any atom is 0.160 e. The zero-order valence-corrected chi connectivity index (χ0v) is 31.0. The Morgan fingerprint density at radius 3 is 1.51 bits per heavy atom. The highest BCUT2D eigenvalue weighted by Gasteiger charge is 2.17. The predicted molar refractivity (Wildman–Crippen MR) is 232 cm³/mol. The molecular formula is C52H33N3O2. The van der Waals surface area contributed by atoms with E-state index in [2.05, 4.69) is 145 Å². The number of aryl methyl sites for hydroxylation is 1. The molecule has 0 saturated heterocycles. The van der Waals surface area contributed by atoms with Crippen LogP contribution in [0, 0.1) is 6.92 Å². The Balaban J connectivity index is 1.12. The molecule has 0 saturated carbocycles. The molecule has 0 unspecified atom stereocenters. The van der Waals surface area contributed by atoms with Gasteiger partial charge in [-0.15, -0.1) is 0 Å². The van der Waals surface area contributed by atoms with Crippen LogP contribution in [0.2, 0.25) is 0 Å². The van der Waals surface area contributed by atoms with Gasteiger partial charge >= 0.3 is 0 Å².